The van der Waals surface area contributed by atoms with Gasteiger partial charge in [-0.2, -0.15) is 0 Å². The van der Waals surface area contributed by atoms with Crippen LogP contribution in [0.3, 0.4) is 0 Å². The molecule has 1 amide bonds. The highest BCUT2D eigenvalue weighted by molar-refractivity contribution is 5.76. The fraction of sp³-hybridized carbons (Fsp3) is 0.923. The van der Waals surface area contributed by atoms with Crippen LogP contribution in [0.25, 0.3) is 0 Å². The van der Waals surface area contributed by atoms with E-state index in [0.29, 0.717) is 18.9 Å². The molecule has 1 saturated carbocycles. The summed E-state index contributed by atoms with van der Waals surface area (Å²) < 4.78 is 0. The van der Waals surface area contributed by atoms with Crippen LogP contribution in [-0.4, -0.2) is 18.0 Å². The summed E-state index contributed by atoms with van der Waals surface area (Å²) in [4.78, 5) is 11.7. The number of hydrogen-bond acceptors (Lipinski definition) is 2. The monoisotopic (exact) mass is 226 g/mol. The molecule has 0 aromatic carbocycles. The minimum absolute atomic E-state index is 0.184. The normalized spacial score (nSPS) is 17.7. The Morgan fingerprint density at radius 2 is 1.88 bits per heavy atom. The maximum absolute atomic E-state index is 11.7. The van der Waals surface area contributed by atoms with E-state index in [9.17, 15) is 4.79 Å². The van der Waals surface area contributed by atoms with Crippen LogP contribution < -0.4 is 11.1 Å². The van der Waals surface area contributed by atoms with Gasteiger partial charge in [-0.25, -0.2) is 0 Å². The Labute approximate surface area is 99.2 Å². The van der Waals surface area contributed by atoms with Crippen LogP contribution in [0.15, 0.2) is 0 Å². The van der Waals surface area contributed by atoms with Gasteiger partial charge in [0, 0.05) is 18.5 Å². The summed E-state index contributed by atoms with van der Waals surface area (Å²) in [7, 11) is 0. The van der Waals surface area contributed by atoms with Crippen molar-refractivity contribution in [2.75, 3.05) is 6.54 Å². The van der Waals surface area contributed by atoms with E-state index < -0.39 is 0 Å². The van der Waals surface area contributed by atoms with E-state index >= 15 is 0 Å². The molecule has 0 unspecified atom stereocenters. The number of carbonyl (C=O) groups excluding carboxylic acids is 1. The van der Waals surface area contributed by atoms with Crippen molar-refractivity contribution in [3.8, 4) is 0 Å². The number of carbonyl (C=O) groups is 1. The Morgan fingerprint density at radius 1 is 1.31 bits per heavy atom. The van der Waals surface area contributed by atoms with Crippen LogP contribution >= 0.6 is 0 Å². The lowest BCUT2D eigenvalue weighted by atomic mass is 9.94. The lowest BCUT2D eigenvalue weighted by molar-refractivity contribution is -0.122. The Kier molecular flexibility index (Phi) is 5.26. The zero-order valence-electron chi connectivity index (χ0n) is 10.7. The van der Waals surface area contributed by atoms with Gasteiger partial charge in [0.05, 0.1) is 0 Å². The van der Waals surface area contributed by atoms with Crippen molar-refractivity contribution in [3.05, 3.63) is 0 Å². The van der Waals surface area contributed by atoms with E-state index in [0.717, 1.165) is 12.8 Å². The van der Waals surface area contributed by atoms with Gasteiger partial charge in [-0.05, 0) is 31.6 Å². The van der Waals surface area contributed by atoms with Crippen molar-refractivity contribution in [2.24, 2.45) is 11.7 Å². The van der Waals surface area contributed by atoms with Gasteiger partial charge in [-0.3, -0.25) is 4.79 Å². The highest BCUT2D eigenvalue weighted by Crippen LogP contribution is 2.27. The van der Waals surface area contributed by atoms with Crippen LogP contribution in [0.5, 0.6) is 0 Å². The SMILES string of the molecule is CCC(N)(CC)CNC(=O)CC1CCCC1. The zero-order chi connectivity index (χ0) is 12.0. The second-order valence-electron chi connectivity index (χ2n) is 5.20. The molecule has 0 heterocycles. The van der Waals surface area contributed by atoms with Gasteiger partial charge >= 0.3 is 0 Å². The van der Waals surface area contributed by atoms with Crippen LogP contribution in [0.4, 0.5) is 0 Å². The van der Waals surface area contributed by atoms with Gasteiger partial charge in [-0.15, -0.1) is 0 Å². The van der Waals surface area contributed by atoms with Crippen molar-refractivity contribution >= 4 is 5.91 Å². The Hall–Kier alpha value is -0.570. The molecule has 0 bridgehead atoms. The molecular formula is C13H26N2O. The third kappa shape index (κ3) is 4.12. The van der Waals surface area contributed by atoms with Crippen molar-refractivity contribution in [1.82, 2.24) is 5.32 Å². The van der Waals surface area contributed by atoms with Gasteiger partial charge in [-0.1, -0.05) is 26.7 Å². The lowest BCUT2D eigenvalue weighted by Crippen LogP contribution is -2.49. The van der Waals surface area contributed by atoms with E-state index in [2.05, 4.69) is 19.2 Å². The molecule has 16 heavy (non-hydrogen) atoms. The standard InChI is InChI=1S/C13H26N2O/c1-3-13(14,4-2)10-15-12(16)9-11-7-5-6-8-11/h11H,3-10,14H2,1-2H3,(H,15,16). The first-order valence-electron chi connectivity index (χ1n) is 6.65. The molecular weight excluding hydrogens is 200 g/mol. The minimum atomic E-state index is -0.217. The molecule has 0 spiro atoms. The molecule has 3 heteroatoms. The minimum Gasteiger partial charge on any atom is -0.354 e. The first-order chi connectivity index (χ1) is 7.59. The highest BCUT2D eigenvalue weighted by atomic mass is 16.1. The van der Waals surface area contributed by atoms with Gasteiger partial charge in [0.2, 0.25) is 5.91 Å². The van der Waals surface area contributed by atoms with Gasteiger partial charge < -0.3 is 11.1 Å². The average molecular weight is 226 g/mol. The predicted octanol–water partition coefficient (Wildman–Crippen LogP) is 2.20. The summed E-state index contributed by atoms with van der Waals surface area (Å²) in [5.41, 5.74) is 5.92. The third-order valence-corrected chi connectivity index (χ3v) is 3.99. The quantitative estimate of drug-likeness (QED) is 0.729. The molecule has 0 saturated heterocycles. The Balaban J connectivity index is 2.23. The Bertz CT molecular complexity index is 218. The van der Waals surface area contributed by atoms with E-state index in [4.69, 9.17) is 5.73 Å². The Morgan fingerprint density at radius 3 is 2.38 bits per heavy atom. The van der Waals surface area contributed by atoms with Crippen molar-refractivity contribution in [1.29, 1.82) is 0 Å². The predicted molar refractivity (Wildman–Crippen MR) is 67.1 cm³/mol. The molecule has 0 radical (unpaired) electrons. The molecule has 1 fully saturated rings. The molecule has 1 aliphatic carbocycles. The lowest BCUT2D eigenvalue weighted by Gasteiger charge is -2.27. The van der Waals surface area contributed by atoms with E-state index in [1.165, 1.54) is 25.7 Å². The topological polar surface area (TPSA) is 55.1 Å². The summed E-state index contributed by atoms with van der Waals surface area (Å²) in [6.07, 6.45) is 7.56. The molecule has 3 nitrogen and oxygen atoms in total. The third-order valence-electron chi connectivity index (χ3n) is 3.99. The largest absolute Gasteiger partial charge is 0.354 e. The summed E-state index contributed by atoms with van der Waals surface area (Å²) in [5, 5.41) is 2.99. The first kappa shape index (κ1) is 13.5. The molecule has 0 aromatic heterocycles. The number of rotatable bonds is 6. The summed E-state index contributed by atoms with van der Waals surface area (Å²) in [6.45, 7) is 4.77. The van der Waals surface area contributed by atoms with Crippen molar-refractivity contribution in [2.45, 2.75) is 64.3 Å². The number of nitrogens with two attached hydrogens (primary N) is 1. The van der Waals surface area contributed by atoms with E-state index in [1.54, 1.807) is 0 Å². The molecule has 94 valence electrons. The maximum atomic E-state index is 11.7. The van der Waals surface area contributed by atoms with Crippen LogP contribution in [-0.2, 0) is 4.79 Å². The smallest absolute Gasteiger partial charge is 0.220 e. The number of hydrogen-bond donors (Lipinski definition) is 2. The highest BCUT2D eigenvalue weighted by Gasteiger charge is 2.22. The fourth-order valence-corrected chi connectivity index (χ4v) is 2.32. The molecule has 1 rings (SSSR count). The van der Waals surface area contributed by atoms with Crippen molar-refractivity contribution < 1.29 is 4.79 Å². The van der Waals surface area contributed by atoms with E-state index in [1.807, 2.05) is 0 Å². The van der Waals surface area contributed by atoms with E-state index in [-0.39, 0.29) is 11.4 Å². The van der Waals surface area contributed by atoms with Crippen LogP contribution in [0.1, 0.15) is 58.8 Å². The summed E-state index contributed by atoms with van der Waals surface area (Å²) >= 11 is 0. The second kappa shape index (κ2) is 6.24. The second-order valence-corrected chi connectivity index (χ2v) is 5.20. The van der Waals surface area contributed by atoms with Gasteiger partial charge in [0.15, 0.2) is 0 Å². The molecule has 3 N–H and O–H groups in total. The molecule has 0 aromatic rings. The first-order valence-corrected chi connectivity index (χ1v) is 6.65. The number of nitrogens with one attached hydrogen (secondary N) is 1. The van der Waals surface area contributed by atoms with Gasteiger partial charge in [0.25, 0.3) is 0 Å². The molecule has 0 atom stereocenters. The van der Waals surface area contributed by atoms with Gasteiger partial charge in [0.1, 0.15) is 0 Å². The zero-order valence-corrected chi connectivity index (χ0v) is 10.7. The fourth-order valence-electron chi connectivity index (χ4n) is 2.32. The molecule has 0 aliphatic heterocycles. The van der Waals surface area contributed by atoms with Crippen LogP contribution in [0, 0.1) is 5.92 Å². The molecule has 1 aliphatic rings. The summed E-state index contributed by atoms with van der Waals surface area (Å²) in [5.74, 6) is 0.805. The average Bonchev–Trinajstić information content (AvgIpc) is 2.79. The summed E-state index contributed by atoms with van der Waals surface area (Å²) in [6, 6.07) is 0. The number of amides is 1. The van der Waals surface area contributed by atoms with Crippen molar-refractivity contribution in [3.63, 3.8) is 0 Å². The van der Waals surface area contributed by atoms with Crippen LogP contribution in [0.2, 0.25) is 0 Å². The maximum Gasteiger partial charge on any atom is 0.220 e.